The van der Waals surface area contributed by atoms with Crippen molar-refractivity contribution < 1.29 is 30.3 Å². The van der Waals surface area contributed by atoms with E-state index >= 15 is 0 Å². The number of aliphatic carboxylic acids is 1. The first kappa shape index (κ1) is 12.3. The van der Waals surface area contributed by atoms with Gasteiger partial charge in [-0.25, -0.2) is 0 Å². The molecule has 0 aliphatic heterocycles. The zero-order chi connectivity index (χ0) is 10.6. The van der Waals surface area contributed by atoms with Crippen molar-refractivity contribution in [2.75, 3.05) is 6.61 Å². The van der Waals surface area contributed by atoms with Crippen LogP contribution in [0.4, 0.5) is 0 Å². The molecule has 0 aromatic rings. The van der Waals surface area contributed by atoms with E-state index in [1.165, 1.54) is 0 Å². The number of carboxylic acid groups (broad SMARTS) is 1. The van der Waals surface area contributed by atoms with E-state index in [0.29, 0.717) is 0 Å². The van der Waals surface area contributed by atoms with Crippen LogP contribution in [0.25, 0.3) is 0 Å². The summed E-state index contributed by atoms with van der Waals surface area (Å²) in [6.45, 7) is -0.787. The Kier molecular flexibility index (Phi) is 4.81. The number of rotatable bonds is 5. The zero-order valence-electron chi connectivity index (χ0n) is 6.74. The van der Waals surface area contributed by atoms with E-state index in [9.17, 15) is 4.79 Å². The fraction of sp³-hybridized carbons (Fsp3) is 0.833. The average Bonchev–Trinajstić information content (AvgIpc) is 2.12. The molecule has 0 aromatic heterocycles. The molecule has 0 saturated heterocycles. The number of nitrogens with two attached hydrogens (primary N) is 1. The lowest BCUT2D eigenvalue weighted by molar-refractivity contribution is -0.146. The van der Waals surface area contributed by atoms with Gasteiger partial charge in [0.25, 0.3) is 0 Å². The third-order valence-electron chi connectivity index (χ3n) is 1.58. The summed E-state index contributed by atoms with van der Waals surface area (Å²) >= 11 is 0. The van der Waals surface area contributed by atoms with Crippen LogP contribution in [-0.2, 0) is 4.79 Å². The Morgan fingerprint density at radius 3 is 2.00 bits per heavy atom. The van der Waals surface area contributed by atoms with E-state index in [1.54, 1.807) is 0 Å². The molecule has 7 heteroatoms. The number of carbonyl (C=O) groups is 1. The Morgan fingerprint density at radius 2 is 1.69 bits per heavy atom. The lowest BCUT2D eigenvalue weighted by Gasteiger charge is -2.23. The minimum Gasteiger partial charge on any atom is -0.480 e. The number of aliphatic hydroxyl groups excluding tert-OH is 4. The zero-order valence-corrected chi connectivity index (χ0v) is 6.74. The van der Waals surface area contributed by atoms with E-state index in [1.807, 2.05) is 0 Å². The largest absolute Gasteiger partial charge is 0.480 e. The first-order valence-electron chi connectivity index (χ1n) is 3.55. The van der Waals surface area contributed by atoms with Gasteiger partial charge >= 0.3 is 5.97 Å². The molecule has 78 valence electrons. The van der Waals surface area contributed by atoms with Crippen LogP contribution in [-0.4, -0.2) is 62.5 Å². The van der Waals surface area contributed by atoms with Gasteiger partial charge in [-0.05, 0) is 0 Å². The summed E-state index contributed by atoms with van der Waals surface area (Å²) in [7, 11) is 0. The number of hydrogen-bond acceptors (Lipinski definition) is 6. The van der Waals surface area contributed by atoms with Crippen LogP contribution in [0, 0.1) is 0 Å². The molecule has 0 spiro atoms. The third-order valence-corrected chi connectivity index (χ3v) is 1.58. The predicted octanol–water partition coefficient (Wildman–Crippen LogP) is -3.53. The van der Waals surface area contributed by atoms with Gasteiger partial charge in [-0.2, -0.15) is 0 Å². The summed E-state index contributed by atoms with van der Waals surface area (Å²) in [5.74, 6) is -1.50. The summed E-state index contributed by atoms with van der Waals surface area (Å²) < 4.78 is 0. The van der Waals surface area contributed by atoms with Crippen LogP contribution in [0.5, 0.6) is 0 Å². The molecule has 0 saturated carbocycles. The molecule has 0 aliphatic carbocycles. The highest BCUT2D eigenvalue weighted by molar-refractivity contribution is 5.74. The molecule has 0 amide bonds. The maximum atomic E-state index is 10.2. The van der Waals surface area contributed by atoms with Crippen LogP contribution in [0.2, 0.25) is 0 Å². The van der Waals surface area contributed by atoms with Gasteiger partial charge in [-0.1, -0.05) is 0 Å². The standard InChI is InChI=1S/C6H13NO6/c7-3(6(12)13)5(11)4(10)2(9)1-8/h2-5,8-11H,1,7H2,(H,12,13)/t2-,3-,4+,5+/m0/s1. The molecule has 0 rings (SSSR count). The minimum absolute atomic E-state index is 0.787. The first-order chi connectivity index (χ1) is 5.91. The van der Waals surface area contributed by atoms with E-state index in [2.05, 4.69) is 0 Å². The van der Waals surface area contributed by atoms with Crippen molar-refractivity contribution in [2.45, 2.75) is 24.4 Å². The van der Waals surface area contributed by atoms with Gasteiger partial charge in [-0.15, -0.1) is 0 Å². The monoisotopic (exact) mass is 195 g/mol. The second-order valence-electron chi connectivity index (χ2n) is 2.60. The van der Waals surface area contributed by atoms with Gasteiger partial charge in [-0.3, -0.25) is 4.79 Å². The second-order valence-corrected chi connectivity index (χ2v) is 2.60. The predicted molar refractivity (Wildman–Crippen MR) is 40.7 cm³/mol. The van der Waals surface area contributed by atoms with Gasteiger partial charge in [0.15, 0.2) is 0 Å². The van der Waals surface area contributed by atoms with Gasteiger partial charge in [0.05, 0.1) is 6.61 Å². The highest BCUT2D eigenvalue weighted by atomic mass is 16.4. The van der Waals surface area contributed by atoms with Crippen molar-refractivity contribution in [3.8, 4) is 0 Å². The van der Waals surface area contributed by atoms with Crippen molar-refractivity contribution in [3.63, 3.8) is 0 Å². The Bertz CT molecular complexity index is 175. The molecule has 0 aliphatic rings. The normalized spacial score (nSPS) is 20.4. The van der Waals surface area contributed by atoms with E-state index in [4.69, 9.17) is 31.3 Å². The second kappa shape index (κ2) is 5.10. The van der Waals surface area contributed by atoms with Gasteiger partial charge < -0.3 is 31.3 Å². The first-order valence-corrected chi connectivity index (χ1v) is 3.55. The number of aliphatic hydroxyl groups is 4. The third kappa shape index (κ3) is 3.25. The summed E-state index contributed by atoms with van der Waals surface area (Å²) in [6, 6.07) is -1.70. The summed E-state index contributed by atoms with van der Waals surface area (Å²) in [6.07, 6.45) is -5.21. The minimum atomic E-state index is -1.82. The number of hydrogen-bond donors (Lipinski definition) is 6. The highest BCUT2D eigenvalue weighted by Crippen LogP contribution is 2.03. The Hall–Kier alpha value is -0.730. The molecule has 0 bridgehead atoms. The fourth-order valence-electron chi connectivity index (χ4n) is 0.694. The number of carboxylic acids is 1. The van der Waals surface area contributed by atoms with Crippen molar-refractivity contribution in [1.82, 2.24) is 0 Å². The van der Waals surface area contributed by atoms with Crippen LogP contribution < -0.4 is 5.73 Å². The SMILES string of the molecule is N[C@H](C(=O)O)[C@@H](O)[C@H](O)[C@@H](O)CO. The quantitative estimate of drug-likeness (QED) is 0.266. The smallest absolute Gasteiger partial charge is 0.323 e. The van der Waals surface area contributed by atoms with Crippen LogP contribution in [0.1, 0.15) is 0 Å². The molecule has 0 fully saturated rings. The lowest BCUT2D eigenvalue weighted by atomic mass is 10.0. The maximum Gasteiger partial charge on any atom is 0.323 e. The van der Waals surface area contributed by atoms with E-state index < -0.39 is 36.9 Å². The van der Waals surface area contributed by atoms with Crippen LogP contribution in [0.3, 0.4) is 0 Å². The van der Waals surface area contributed by atoms with E-state index in [0.717, 1.165) is 0 Å². The Balaban J connectivity index is 4.24. The van der Waals surface area contributed by atoms with Crippen molar-refractivity contribution in [1.29, 1.82) is 0 Å². The molecule has 7 nitrogen and oxygen atoms in total. The van der Waals surface area contributed by atoms with Crippen molar-refractivity contribution >= 4 is 5.97 Å². The highest BCUT2D eigenvalue weighted by Gasteiger charge is 2.32. The maximum absolute atomic E-state index is 10.2. The molecule has 13 heavy (non-hydrogen) atoms. The van der Waals surface area contributed by atoms with Crippen molar-refractivity contribution in [3.05, 3.63) is 0 Å². The molecular formula is C6H13NO6. The summed E-state index contributed by atoms with van der Waals surface area (Å²) in [5.41, 5.74) is 4.95. The molecule has 0 aromatic carbocycles. The Morgan fingerprint density at radius 1 is 1.23 bits per heavy atom. The lowest BCUT2D eigenvalue weighted by Crippen LogP contribution is -2.52. The molecule has 0 heterocycles. The van der Waals surface area contributed by atoms with Crippen LogP contribution >= 0.6 is 0 Å². The van der Waals surface area contributed by atoms with E-state index in [-0.39, 0.29) is 0 Å². The summed E-state index contributed by atoms with van der Waals surface area (Å²) in [4.78, 5) is 10.2. The molecule has 4 atom stereocenters. The average molecular weight is 195 g/mol. The topological polar surface area (TPSA) is 144 Å². The molecule has 0 radical (unpaired) electrons. The van der Waals surface area contributed by atoms with Crippen LogP contribution in [0.15, 0.2) is 0 Å². The Labute approximate surface area is 74.0 Å². The van der Waals surface area contributed by atoms with Gasteiger partial charge in [0, 0.05) is 0 Å². The fourth-order valence-corrected chi connectivity index (χ4v) is 0.694. The van der Waals surface area contributed by atoms with Gasteiger partial charge in [0.1, 0.15) is 24.4 Å². The molecule has 0 unspecified atom stereocenters. The molecular weight excluding hydrogens is 182 g/mol. The van der Waals surface area contributed by atoms with Crippen molar-refractivity contribution in [2.24, 2.45) is 5.73 Å². The van der Waals surface area contributed by atoms with Gasteiger partial charge in [0.2, 0.25) is 0 Å². The summed E-state index contributed by atoms with van der Waals surface area (Å²) in [5, 5.41) is 43.5. The molecule has 7 N–H and O–H groups in total.